The first-order chi connectivity index (χ1) is 16.3. The van der Waals surface area contributed by atoms with E-state index in [0.717, 1.165) is 29.1 Å². The average Bonchev–Trinajstić information content (AvgIpc) is 3.14. The van der Waals surface area contributed by atoms with Crippen LogP contribution < -0.4 is 9.64 Å². The van der Waals surface area contributed by atoms with Crippen molar-refractivity contribution in [1.82, 2.24) is 14.7 Å². The number of aromatic nitrogens is 2. The number of anilines is 1. The molecule has 0 N–H and O–H groups in total. The quantitative estimate of drug-likeness (QED) is 0.455. The number of carbonyl (C=O) groups is 1. The van der Waals surface area contributed by atoms with Crippen LogP contribution in [0.15, 0.2) is 48.5 Å². The van der Waals surface area contributed by atoms with Gasteiger partial charge < -0.3 is 4.74 Å². The molecular weight excluding hydrogens is 455 g/mol. The van der Waals surface area contributed by atoms with E-state index < -0.39 is 0 Å². The molecule has 1 saturated heterocycles. The van der Waals surface area contributed by atoms with Gasteiger partial charge in [0, 0.05) is 42.0 Å². The van der Waals surface area contributed by atoms with E-state index in [1.54, 1.807) is 17.0 Å². The van der Waals surface area contributed by atoms with Crippen LogP contribution in [0.4, 0.5) is 10.2 Å². The van der Waals surface area contributed by atoms with E-state index in [2.05, 4.69) is 18.7 Å². The summed E-state index contributed by atoms with van der Waals surface area (Å²) in [6.45, 7) is 9.49. The number of piperazine rings is 1. The summed E-state index contributed by atoms with van der Waals surface area (Å²) in [7, 11) is 0. The number of aryl methyl sites for hydroxylation is 1. The van der Waals surface area contributed by atoms with Crippen LogP contribution in [0.2, 0.25) is 5.02 Å². The van der Waals surface area contributed by atoms with Crippen LogP contribution in [0.25, 0.3) is 0 Å². The van der Waals surface area contributed by atoms with Gasteiger partial charge in [0.1, 0.15) is 11.6 Å². The Kier molecular flexibility index (Phi) is 7.54. The van der Waals surface area contributed by atoms with Gasteiger partial charge in [-0.1, -0.05) is 37.6 Å². The summed E-state index contributed by atoms with van der Waals surface area (Å²) in [4.78, 5) is 16.7. The summed E-state index contributed by atoms with van der Waals surface area (Å²) in [6.07, 6.45) is 0. The minimum atomic E-state index is -0.257. The molecule has 3 aromatic rings. The van der Waals surface area contributed by atoms with Gasteiger partial charge in [0.15, 0.2) is 5.82 Å². The lowest BCUT2D eigenvalue weighted by Crippen LogP contribution is -2.50. The first-order valence-electron chi connectivity index (χ1n) is 11.5. The maximum Gasteiger partial charge on any atom is 0.242 e. The molecule has 0 spiro atoms. The first kappa shape index (κ1) is 24.2. The third kappa shape index (κ3) is 5.96. The van der Waals surface area contributed by atoms with Gasteiger partial charge in [-0.25, -0.2) is 4.39 Å². The standard InChI is InChI=1S/C26H30ClFN4O2/c1-18(2)17-34-24-9-6-22(27)13-21(24)15-32-19(3)12-25(29-32)31-11-10-30(16-26(31)33)14-20-4-7-23(28)8-5-20/h4-9,12-13,18H,10-11,14-17H2,1-3H3. The Morgan fingerprint density at radius 2 is 1.85 bits per heavy atom. The highest BCUT2D eigenvalue weighted by molar-refractivity contribution is 6.30. The van der Waals surface area contributed by atoms with Crippen LogP contribution in [0.1, 0.15) is 30.7 Å². The maximum absolute atomic E-state index is 13.2. The number of benzene rings is 2. The van der Waals surface area contributed by atoms with Gasteiger partial charge in [0.2, 0.25) is 5.91 Å². The van der Waals surface area contributed by atoms with Gasteiger partial charge in [-0.15, -0.1) is 0 Å². The molecule has 0 aliphatic carbocycles. The number of ether oxygens (including phenoxy) is 1. The zero-order valence-corrected chi connectivity index (χ0v) is 20.6. The number of carbonyl (C=O) groups excluding carboxylic acids is 1. The normalized spacial score (nSPS) is 14.8. The van der Waals surface area contributed by atoms with Crippen molar-refractivity contribution in [3.8, 4) is 5.75 Å². The third-order valence-corrected chi connectivity index (χ3v) is 6.01. The smallest absolute Gasteiger partial charge is 0.242 e. The molecule has 0 unspecified atom stereocenters. The molecule has 0 saturated carbocycles. The van der Waals surface area contributed by atoms with E-state index in [1.165, 1.54) is 12.1 Å². The van der Waals surface area contributed by atoms with E-state index in [-0.39, 0.29) is 11.7 Å². The summed E-state index contributed by atoms with van der Waals surface area (Å²) in [6, 6.07) is 14.0. The van der Waals surface area contributed by atoms with Crippen molar-refractivity contribution in [2.24, 2.45) is 5.92 Å². The van der Waals surface area contributed by atoms with Crippen molar-refractivity contribution in [1.29, 1.82) is 0 Å². The van der Waals surface area contributed by atoms with Crippen molar-refractivity contribution in [2.75, 3.05) is 31.1 Å². The van der Waals surface area contributed by atoms with Crippen LogP contribution in [-0.2, 0) is 17.9 Å². The molecule has 6 nitrogen and oxygen atoms in total. The van der Waals surface area contributed by atoms with E-state index in [9.17, 15) is 9.18 Å². The van der Waals surface area contributed by atoms with Crippen LogP contribution in [0.3, 0.4) is 0 Å². The molecule has 1 aliphatic rings. The first-order valence-corrected chi connectivity index (χ1v) is 11.9. The second-order valence-corrected chi connectivity index (χ2v) is 9.58. The fraction of sp³-hybridized carbons (Fsp3) is 0.385. The largest absolute Gasteiger partial charge is 0.493 e. The lowest BCUT2D eigenvalue weighted by molar-refractivity contribution is -0.121. The molecule has 8 heteroatoms. The van der Waals surface area contributed by atoms with E-state index >= 15 is 0 Å². The van der Waals surface area contributed by atoms with Crippen LogP contribution in [-0.4, -0.2) is 46.8 Å². The summed E-state index contributed by atoms with van der Waals surface area (Å²) in [5, 5.41) is 5.37. The van der Waals surface area contributed by atoms with Crippen LogP contribution in [0.5, 0.6) is 5.75 Å². The number of rotatable bonds is 8. The molecule has 0 bridgehead atoms. The number of halogens is 2. The predicted octanol–water partition coefficient (Wildman–Crippen LogP) is 4.92. The van der Waals surface area contributed by atoms with Gasteiger partial charge in [0.25, 0.3) is 0 Å². The predicted molar refractivity (Wildman–Crippen MR) is 132 cm³/mol. The zero-order valence-electron chi connectivity index (χ0n) is 19.8. The van der Waals surface area contributed by atoms with Crippen molar-refractivity contribution in [2.45, 2.75) is 33.9 Å². The number of amides is 1. The number of hydrogen-bond donors (Lipinski definition) is 0. The molecule has 0 atom stereocenters. The van der Waals surface area contributed by atoms with Crippen molar-refractivity contribution in [3.05, 3.63) is 76.2 Å². The SMILES string of the molecule is Cc1cc(N2CCN(Cc3ccc(F)cc3)CC2=O)nn1Cc1cc(Cl)ccc1OCC(C)C. The summed E-state index contributed by atoms with van der Waals surface area (Å²) in [5.41, 5.74) is 2.88. The van der Waals surface area contributed by atoms with E-state index in [4.69, 9.17) is 21.4 Å². The van der Waals surface area contributed by atoms with Crippen LogP contribution in [0, 0.1) is 18.7 Å². The van der Waals surface area contributed by atoms with E-state index in [0.29, 0.717) is 49.5 Å². The molecule has 1 fully saturated rings. The molecule has 2 aromatic carbocycles. The molecule has 180 valence electrons. The lowest BCUT2D eigenvalue weighted by atomic mass is 10.2. The van der Waals surface area contributed by atoms with E-state index in [1.807, 2.05) is 35.9 Å². The molecule has 1 aliphatic heterocycles. The fourth-order valence-electron chi connectivity index (χ4n) is 3.96. The summed E-state index contributed by atoms with van der Waals surface area (Å²) in [5.74, 6) is 1.60. The Labute approximate surface area is 204 Å². The Hall–Kier alpha value is -2.90. The Morgan fingerprint density at radius 3 is 2.56 bits per heavy atom. The van der Waals surface area contributed by atoms with Crippen molar-refractivity contribution in [3.63, 3.8) is 0 Å². The molecule has 1 aromatic heterocycles. The molecule has 4 rings (SSSR count). The monoisotopic (exact) mass is 484 g/mol. The highest BCUT2D eigenvalue weighted by Gasteiger charge is 2.27. The lowest BCUT2D eigenvalue weighted by Gasteiger charge is -2.33. The Morgan fingerprint density at radius 1 is 1.09 bits per heavy atom. The Balaban J connectivity index is 1.44. The Bertz CT molecular complexity index is 1150. The minimum Gasteiger partial charge on any atom is -0.493 e. The highest BCUT2D eigenvalue weighted by atomic mass is 35.5. The average molecular weight is 485 g/mol. The van der Waals surface area contributed by atoms with Gasteiger partial charge in [-0.2, -0.15) is 5.10 Å². The summed E-state index contributed by atoms with van der Waals surface area (Å²) >= 11 is 6.25. The zero-order chi connectivity index (χ0) is 24.2. The molecular formula is C26H30ClFN4O2. The van der Waals surface area contributed by atoms with Gasteiger partial charge in [-0.3, -0.25) is 19.3 Å². The topological polar surface area (TPSA) is 50.6 Å². The van der Waals surface area contributed by atoms with Crippen molar-refractivity contribution < 1.29 is 13.9 Å². The summed E-state index contributed by atoms with van der Waals surface area (Å²) < 4.78 is 21.0. The minimum absolute atomic E-state index is 0.00160. The molecule has 2 heterocycles. The van der Waals surface area contributed by atoms with Gasteiger partial charge in [-0.05, 0) is 48.7 Å². The van der Waals surface area contributed by atoms with Gasteiger partial charge in [0.05, 0.1) is 19.7 Å². The maximum atomic E-state index is 13.2. The number of nitrogens with zero attached hydrogens (tertiary/aromatic N) is 4. The van der Waals surface area contributed by atoms with Gasteiger partial charge >= 0.3 is 0 Å². The third-order valence-electron chi connectivity index (χ3n) is 5.78. The highest BCUT2D eigenvalue weighted by Crippen LogP contribution is 2.26. The number of hydrogen-bond acceptors (Lipinski definition) is 4. The molecule has 1 amide bonds. The second-order valence-electron chi connectivity index (χ2n) is 9.14. The second kappa shape index (κ2) is 10.6. The van der Waals surface area contributed by atoms with Crippen LogP contribution >= 0.6 is 11.6 Å². The molecule has 0 radical (unpaired) electrons. The van der Waals surface area contributed by atoms with Crippen molar-refractivity contribution >= 4 is 23.3 Å². The fourth-order valence-corrected chi connectivity index (χ4v) is 4.16. The molecule has 34 heavy (non-hydrogen) atoms.